The van der Waals surface area contributed by atoms with Crippen LogP contribution >= 0.6 is 0 Å². The average molecular weight is 651 g/mol. The molecule has 3 aromatic carbocycles. The molecule has 12 heteroatoms. The fraction of sp³-hybridized carbons (Fsp3) is 0.306. The third-order valence-electron chi connectivity index (χ3n) is 8.92. The number of para-hydroxylation sites is 1. The molecule has 4 atom stereocenters. The summed E-state index contributed by atoms with van der Waals surface area (Å²) in [5, 5.41) is 21.7. The first-order valence-electron chi connectivity index (χ1n) is 16.1. The van der Waals surface area contributed by atoms with E-state index in [-0.39, 0.29) is 25.0 Å². The Hall–Kier alpha value is -5.65. The Balaban J connectivity index is 1.33. The highest BCUT2D eigenvalue weighted by Gasteiger charge is 2.39. The van der Waals surface area contributed by atoms with Gasteiger partial charge in [0.1, 0.15) is 29.9 Å². The topological polar surface area (TPSA) is 173 Å². The average Bonchev–Trinajstić information content (AvgIpc) is 3.75. The Kier molecular flexibility index (Phi) is 9.70. The quantitative estimate of drug-likeness (QED) is 0.185. The van der Waals surface area contributed by atoms with Crippen LogP contribution in [0.15, 0.2) is 85.1 Å². The number of phenols is 1. The molecular weight excluding hydrogens is 612 g/mol. The molecule has 0 saturated carbocycles. The molecule has 48 heavy (non-hydrogen) atoms. The fourth-order valence-electron chi connectivity index (χ4n) is 6.44. The van der Waals surface area contributed by atoms with Gasteiger partial charge in [0.25, 0.3) is 0 Å². The molecule has 2 aliphatic rings. The van der Waals surface area contributed by atoms with Crippen LogP contribution in [-0.2, 0) is 43.2 Å². The molecule has 0 unspecified atom stereocenters. The molecule has 4 aromatic rings. The minimum absolute atomic E-state index is 0.0607. The summed E-state index contributed by atoms with van der Waals surface area (Å²) in [6.45, 7) is -0.132. The van der Waals surface area contributed by atoms with Crippen molar-refractivity contribution in [2.75, 3.05) is 13.1 Å². The Morgan fingerprint density at radius 3 is 2.15 bits per heavy atom. The van der Waals surface area contributed by atoms with Crippen LogP contribution < -0.4 is 21.3 Å². The van der Waals surface area contributed by atoms with Gasteiger partial charge in [-0.3, -0.25) is 24.0 Å². The van der Waals surface area contributed by atoms with Gasteiger partial charge in [-0.25, -0.2) is 0 Å². The number of carbonyl (C=O) groups is 5. The van der Waals surface area contributed by atoms with Crippen molar-refractivity contribution < 1.29 is 29.1 Å². The van der Waals surface area contributed by atoms with Gasteiger partial charge < -0.3 is 36.3 Å². The van der Waals surface area contributed by atoms with Crippen LogP contribution in [0.25, 0.3) is 10.9 Å². The molecule has 2 aliphatic heterocycles. The van der Waals surface area contributed by atoms with Crippen molar-refractivity contribution in [1.29, 1.82) is 0 Å². The Labute approximate surface area is 277 Å². The monoisotopic (exact) mass is 650 g/mol. The zero-order valence-electron chi connectivity index (χ0n) is 26.3. The number of amides is 5. The molecule has 3 heterocycles. The predicted octanol–water partition coefficient (Wildman–Crippen LogP) is 1.48. The smallest absolute Gasteiger partial charge is 0.246 e. The summed E-state index contributed by atoms with van der Waals surface area (Å²) in [7, 11) is 0. The van der Waals surface area contributed by atoms with Crippen LogP contribution in [-0.4, -0.2) is 81.8 Å². The summed E-state index contributed by atoms with van der Waals surface area (Å²) in [4.78, 5) is 73.3. The Bertz CT molecular complexity index is 1810. The third-order valence-corrected chi connectivity index (χ3v) is 8.92. The van der Waals surface area contributed by atoms with Crippen LogP contribution in [0, 0.1) is 0 Å². The van der Waals surface area contributed by atoms with Crippen LogP contribution in [0.4, 0.5) is 0 Å². The first kappa shape index (κ1) is 32.3. The number of phenolic OH excluding ortho intramolecular Hbond substituents is 1. The molecule has 2 saturated heterocycles. The molecule has 0 aliphatic carbocycles. The molecule has 0 radical (unpaired) electrons. The molecule has 6 N–H and O–H groups in total. The summed E-state index contributed by atoms with van der Waals surface area (Å²) < 4.78 is 0. The third kappa shape index (κ3) is 7.49. The van der Waals surface area contributed by atoms with Crippen molar-refractivity contribution in [3.8, 4) is 5.75 Å². The summed E-state index contributed by atoms with van der Waals surface area (Å²) >= 11 is 0. The number of aromatic nitrogens is 1. The maximum Gasteiger partial charge on any atom is 0.246 e. The summed E-state index contributed by atoms with van der Waals surface area (Å²) in [5.41, 5.74) is 3.15. The van der Waals surface area contributed by atoms with Crippen molar-refractivity contribution in [2.45, 2.75) is 56.3 Å². The molecule has 5 amide bonds. The van der Waals surface area contributed by atoms with Gasteiger partial charge in [0, 0.05) is 42.9 Å². The van der Waals surface area contributed by atoms with E-state index in [0.717, 1.165) is 22.0 Å². The lowest BCUT2D eigenvalue weighted by Crippen LogP contribution is -2.58. The summed E-state index contributed by atoms with van der Waals surface area (Å²) in [6, 6.07) is 19.1. The van der Waals surface area contributed by atoms with E-state index in [9.17, 15) is 29.1 Å². The summed E-state index contributed by atoms with van der Waals surface area (Å²) in [6.07, 6.45) is 3.12. The molecule has 12 nitrogen and oxygen atoms in total. The molecular formula is C36H38N6O6. The minimum Gasteiger partial charge on any atom is -0.508 e. The Morgan fingerprint density at radius 1 is 0.688 bits per heavy atom. The lowest BCUT2D eigenvalue weighted by atomic mass is 10.0. The van der Waals surface area contributed by atoms with E-state index >= 15 is 0 Å². The number of fused-ring (bicyclic) bond motifs is 2. The number of carbonyl (C=O) groups excluding carboxylic acids is 5. The number of hydrogen-bond acceptors (Lipinski definition) is 6. The van der Waals surface area contributed by atoms with Gasteiger partial charge in [0.05, 0.1) is 6.54 Å². The van der Waals surface area contributed by atoms with Crippen molar-refractivity contribution in [3.63, 3.8) is 0 Å². The van der Waals surface area contributed by atoms with Crippen LogP contribution in [0.3, 0.4) is 0 Å². The van der Waals surface area contributed by atoms with Gasteiger partial charge in [-0.2, -0.15) is 0 Å². The second kappa shape index (κ2) is 14.4. The number of benzene rings is 3. The lowest BCUT2D eigenvalue weighted by molar-refractivity contribution is -0.142. The number of hydrogen-bond donors (Lipinski definition) is 6. The van der Waals surface area contributed by atoms with Crippen molar-refractivity contribution in [3.05, 3.63) is 102 Å². The van der Waals surface area contributed by atoms with E-state index in [4.69, 9.17) is 0 Å². The summed E-state index contributed by atoms with van der Waals surface area (Å²) in [5.74, 6) is -2.63. The van der Waals surface area contributed by atoms with Gasteiger partial charge in [-0.05, 0) is 47.7 Å². The molecule has 248 valence electrons. The molecule has 6 rings (SSSR count). The maximum absolute atomic E-state index is 14.0. The van der Waals surface area contributed by atoms with Crippen LogP contribution in [0.2, 0.25) is 0 Å². The van der Waals surface area contributed by atoms with E-state index in [1.165, 1.54) is 17.0 Å². The van der Waals surface area contributed by atoms with Gasteiger partial charge in [-0.1, -0.05) is 60.7 Å². The molecule has 2 fully saturated rings. The van der Waals surface area contributed by atoms with Crippen molar-refractivity contribution >= 4 is 40.4 Å². The van der Waals surface area contributed by atoms with Gasteiger partial charge in [-0.15, -0.1) is 0 Å². The number of aromatic hydroxyl groups is 1. The van der Waals surface area contributed by atoms with Gasteiger partial charge >= 0.3 is 0 Å². The van der Waals surface area contributed by atoms with Crippen molar-refractivity contribution in [1.82, 2.24) is 31.2 Å². The number of aromatic amines is 1. The number of rotatable bonds is 6. The predicted molar refractivity (Wildman–Crippen MR) is 177 cm³/mol. The minimum atomic E-state index is -1.07. The lowest BCUT2D eigenvalue weighted by Gasteiger charge is -2.30. The molecule has 0 spiro atoms. The maximum atomic E-state index is 14.0. The van der Waals surface area contributed by atoms with Crippen LogP contribution in [0.5, 0.6) is 5.75 Å². The largest absolute Gasteiger partial charge is 0.508 e. The van der Waals surface area contributed by atoms with Gasteiger partial charge in [0.15, 0.2) is 0 Å². The number of nitrogens with zero attached hydrogens (tertiary/aromatic N) is 1. The highest BCUT2D eigenvalue weighted by Crippen LogP contribution is 2.23. The normalized spacial score (nSPS) is 22.6. The van der Waals surface area contributed by atoms with Crippen molar-refractivity contribution in [2.24, 2.45) is 0 Å². The van der Waals surface area contributed by atoms with E-state index in [1.807, 2.05) is 54.6 Å². The highest BCUT2D eigenvalue weighted by molar-refractivity contribution is 5.98. The van der Waals surface area contributed by atoms with E-state index in [1.54, 1.807) is 18.3 Å². The molecule has 1 aromatic heterocycles. The standard InChI is InChI=1S/C36H38N6O6/c43-25-14-12-23(13-15-25)18-30-36(48)42-16-6-11-31(42)35(47)41-29(19-24-20-37-27-10-5-4-9-26(24)27)34(46)40-28(17-22-7-2-1-3-8-22)33(45)38-21-32(44)39-30/h1-5,7-10,12-15,20,28-31,37,43H,6,11,16-19,21H2,(H,38,45)(H,39,44)(H,40,46)(H,41,47)/t28-,29-,30-,31+/m1/s1. The SMILES string of the molecule is O=C1CNC(=O)[C@@H](Cc2ccccc2)NC(=O)[C@@H](Cc2c[nH]c3ccccc23)NC(=O)[C@@H]2CCCN2C(=O)[C@@H](Cc2ccc(O)cc2)N1. The highest BCUT2D eigenvalue weighted by atomic mass is 16.3. The fourth-order valence-corrected chi connectivity index (χ4v) is 6.44. The second-order valence-corrected chi connectivity index (χ2v) is 12.3. The first-order valence-corrected chi connectivity index (χ1v) is 16.1. The van der Waals surface area contributed by atoms with E-state index < -0.39 is 60.2 Å². The number of H-pyrrole nitrogens is 1. The van der Waals surface area contributed by atoms with Gasteiger partial charge in [0.2, 0.25) is 29.5 Å². The zero-order valence-corrected chi connectivity index (χ0v) is 26.3. The second-order valence-electron chi connectivity index (χ2n) is 12.3. The molecule has 0 bridgehead atoms. The Morgan fingerprint density at radius 2 is 1.35 bits per heavy atom. The van der Waals surface area contributed by atoms with Crippen LogP contribution in [0.1, 0.15) is 29.5 Å². The zero-order chi connectivity index (χ0) is 33.6. The van der Waals surface area contributed by atoms with E-state index in [0.29, 0.717) is 24.9 Å². The first-order chi connectivity index (χ1) is 23.2. The van der Waals surface area contributed by atoms with E-state index in [2.05, 4.69) is 26.3 Å². The number of nitrogens with one attached hydrogen (secondary N) is 5.